The van der Waals surface area contributed by atoms with Crippen LogP contribution in [-0.4, -0.2) is 26.9 Å². The smallest absolute Gasteiger partial charge is 0.277 e. The quantitative estimate of drug-likeness (QED) is 0.462. The second kappa shape index (κ2) is 5.67. The number of hydrogen-bond donors (Lipinski definition) is 1. The van der Waals surface area contributed by atoms with E-state index in [1.54, 1.807) is 18.2 Å². The number of phenolic OH excluding ortho intramolecular Hbond substituents is 1. The summed E-state index contributed by atoms with van der Waals surface area (Å²) in [5, 5.41) is 22.8. The van der Waals surface area contributed by atoms with Gasteiger partial charge in [-0.05, 0) is 26.3 Å². The first-order valence-corrected chi connectivity index (χ1v) is 8.49. The molecule has 24 heavy (non-hydrogen) atoms. The summed E-state index contributed by atoms with van der Waals surface area (Å²) in [6, 6.07) is 6.34. The first-order chi connectivity index (χ1) is 11.1. The molecule has 1 N–H and O–H groups in total. The normalized spacial score (nSPS) is 17.6. The molecule has 1 aliphatic rings. The van der Waals surface area contributed by atoms with E-state index in [0.29, 0.717) is 17.3 Å². The maximum atomic E-state index is 11.5. The van der Waals surface area contributed by atoms with Crippen LogP contribution in [0.4, 0.5) is 11.4 Å². The van der Waals surface area contributed by atoms with Gasteiger partial charge in [-0.15, -0.1) is 23.2 Å². The lowest BCUT2D eigenvalue weighted by Gasteiger charge is -2.35. The molecule has 0 unspecified atom stereocenters. The molecule has 0 aliphatic carbocycles. The van der Waals surface area contributed by atoms with E-state index in [4.69, 9.17) is 23.2 Å². The molecule has 7 heteroatoms. The fourth-order valence-corrected chi connectivity index (χ4v) is 3.84. The van der Waals surface area contributed by atoms with Crippen molar-refractivity contribution in [2.45, 2.75) is 37.1 Å². The van der Waals surface area contributed by atoms with E-state index in [1.165, 1.54) is 6.07 Å². The third kappa shape index (κ3) is 2.56. The lowest BCUT2D eigenvalue weighted by Crippen LogP contribution is -2.41. The molecule has 0 fully saturated rings. The standard InChI is InChI=1S/C17H18Cl2N2O3/c1-17(2,3)20-8-10(16(18)19)15-12(20)7-13(22)9-5-4-6-11(14(9)15)21(23)24/h4-7,10,16,22H,8H2,1-3H3/t10-/m1/s1. The molecule has 1 atom stereocenters. The van der Waals surface area contributed by atoms with Gasteiger partial charge in [-0.3, -0.25) is 10.1 Å². The highest BCUT2D eigenvalue weighted by Crippen LogP contribution is 2.51. The minimum absolute atomic E-state index is 0.0167. The molecule has 0 amide bonds. The fraction of sp³-hybridized carbons (Fsp3) is 0.412. The number of nitrogens with zero attached hydrogens (tertiary/aromatic N) is 2. The highest BCUT2D eigenvalue weighted by atomic mass is 35.5. The molecule has 1 aliphatic heterocycles. The van der Waals surface area contributed by atoms with Crippen LogP contribution in [0.25, 0.3) is 10.8 Å². The number of aromatic hydroxyl groups is 1. The Morgan fingerprint density at radius 2 is 2.04 bits per heavy atom. The van der Waals surface area contributed by atoms with Crippen LogP contribution in [0.2, 0.25) is 0 Å². The Kier molecular flexibility index (Phi) is 4.04. The van der Waals surface area contributed by atoms with Gasteiger partial charge >= 0.3 is 0 Å². The van der Waals surface area contributed by atoms with Gasteiger partial charge in [0.1, 0.15) is 10.6 Å². The van der Waals surface area contributed by atoms with E-state index >= 15 is 0 Å². The van der Waals surface area contributed by atoms with Crippen LogP contribution in [-0.2, 0) is 0 Å². The van der Waals surface area contributed by atoms with Crippen molar-refractivity contribution in [3.05, 3.63) is 39.9 Å². The first-order valence-electron chi connectivity index (χ1n) is 7.61. The number of phenols is 1. The minimum atomic E-state index is -0.705. The Bertz CT molecular complexity index is 831. The summed E-state index contributed by atoms with van der Waals surface area (Å²) in [5.74, 6) is -0.255. The second-order valence-electron chi connectivity index (χ2n) is 7.01. The van der Waals surface area contributed by atoms with Crippen molar-refractivity contribution in [2.75, 3.05) is 11.4 Å². The largest absolute Gasteiger partial charge is 0.507 e. The molecule has 2 aromatic rings. The average molecular weight is 369 g/mol. The predicted molar refractivity (Wildman–Crippen MR) is 97.6 cm³/mol. The van der Waals surface area contributed by atoms with Crippen molar-refractivity contribution in [1.82, 2.24) is 0 Å². The van der Waals surface area contributed by atoms with Gasteiger partial charge in [0.15, 0.2) is 0 Å². The fourth-order valence-electron chi connectivity index (χ4n) is 3.43. The van der Waals surface area contributed by atoms with Crippen molar-refractivity contribution >= 4 is 45.3 Å². The number of fused-ring (bicyclic) bond motifs is 3. The number of alkyl halides is 2. The Morgan fingerprint density at radius 1 is 1.38 bits per heavy atom. The molecular formula is C17H18Cl2N2O3. The van der Waals surface area contributed by atoms with E-state index in [-0.39, 0.29) is 22.9 Å². The number of rotatable bonds is 2. The highest BCUT2D eigenvalue weighted by molar-refractivity contribution is 6.45. The maximum absolute atomic E-state index is 11.5. The summed E-state index contributed by atoms with van der Waals surface area (Å²) in [5.41, 5.74) is 1.20. The monoisotopic (exact) mass is 368 g/mol. The van der Waals surface area contributed by atoms with Crippen molar-refractivity contribution in [1.29, 1.82) is 0 Å². The molecule has 0 saturated carbocycles. The molecule has 1 heterocycles. The van der Waals surface area contributed by atoms with Gasteiger partial charge < -0.3 is 10.0 Å². The Balaban J connectivity index is 2.44. The summed E-state index contributed by atoms with van der Waals surface area (Å²) < 4.78 is 0. The molecule has 128 valence electrons. The molecule has 3 rings (SSSR count). The molecule has 0 spiro atoms. The zero-order valence-corrected chi connectivity index (χ0v) is 15.1. The molecule has 2 aromatic carbocycles. The summed E-state index contributed by atoms with van der Waals surface area (Å²) in [6.07, 6.45) is 0. The van der Waals surface area contributed by atoms with Gasteiger partial charge in [0, 0.05) is 41.2 Å². The third-order valence-electron chi connectivity index (χ3n) is 4.49. The summed E-state index contributed by atoms with van der Waals surface area (Å²) >= 11 is 12.4. The molecular weight excluding hydrogens is 351 g/mol. The highest BCUT2D eigenvalue weighted by Gasteiger charge is 2.40. The number of benzene rings is 2. The van der Waals surface area contributed by atoms with Crippen LogP contribution >= 0.6 is 23.2 Å². The lowest BCUT2D eigenvalue weighted by atomic mass is 9.94. The number of nitro groups is 1. The van der Waals surface area contributed by atoms with E-state index in [9.17, 15) is 15.2 Å². The third-order valence-corrected chi connectivity index (χ3v) is 5.10. The molecule has 0 aromatic heterocycles. The van der Waals surface area contributed by atoms with Gasteiger partial charge in [0.25, 0.3) is 5.69 Å². The number of hydrogen-bond acceptors (Lipinski definition) is 4. The molecule has 0 saturated heterocycles. The van der Waals surface area contributed by atoms with Gasteiger partial charge in [-0.1, -0.05) is 12.1 Å². The van der Waals surface area contributed by atoms with Gasteiger partial charge in [0.05, 0.1) is 10.3 Å². The van der Waals surface area contributed by atoms with Crippen molar-refractivity contribution < 1.29 is 10.0 Å². The number of halogens is 2. The topological polar surface area (TPSA) is 66.6 Å². The predicted octanol–water partition coefficient (Wildman–Crippen LogP) is 4.96. The average Bonchev–Trinajstić information content (AvgIpc) is 2.86. The van der Waals surface area contributed by atoms with Crippen LogP contribution in [0.5, 0.6) is 5.75 Å². The van der Waals surface area contributed by atoms with Crippen LogP contribution in [0.15, 0.2) is 24.3 Å². The van der Waals surface area contributed by atoms with E-state index in [0.717, 1.165) is 11.3 Å². The van der Waals surface area contributed by atoms with Crippen LogP contribution in [0.1, 0.15) is 32.3 Å². The van der Waals surface area contributed by atoms with Crippen molar-refractivity contribution in [3.8, 4) is 5.75 Å². The Morgan fingerprint density at radius 3 is 2.58 bits per heavy atom. The zero-order chi connectivity index (χ0) is 17.8. The molecule has 0 radical (unpaired) electrons. The van der Waals surface area contributed by atoms with Crippen LogP contribution in [0, 0.1) is 10.1 Å². The van der Waals surface area contributed by atoms with Gasteiger partial charge in [-0.2, -0.15) is 0 Å². The zero-order valence-electron chi connectivity index (χ0n) is 13.6. The number of non-ortho nitro benzene ring substituents is 1. The van der Waals surface area contributed by atoms with Gasteiger partial charge in [0.2, 0.25) is 0 Å². The summed E-state index contributed by atoms with van der Waals surface area (Å²) in [7, 11) is 0. The summed E-state index contributed by atoms with van der Waals surface area (Å²) in [4.78, 5) is 12.5. The molecule has 5 nitrogen and oxygen atoms in total. The molecule has 0 bridgehead atoms. The van der Waals surface area contributed by atoms with E-state index < -0.39 is 9.76 Å². The first kappa shape index (κ1) is 17.1. The summed E-state index contributed by atoms with van der Waals surface area (Å²) in [6.45, 7) is 6.66. The van der Waals surface area contributed by atoms with Crippen LogP contribution < -0.4 is 4.90 Å². The van der Waals surface area contributed by atoms with E-state index in [1.807, 2.05) is 20.8 Å². The van der Waals surface area contributed by atoms with Crippen molar-refractivity contribution in [2.24, 2.45) is 0 Å². The second-order valence-corrected chi connectivity index (χ2v) is 8.17. The SMILES string of the molecule is CC(C)(C)N1C[C@@H](C(Cl)Cl)c2c1cc(O)c1cccc([N+](=O)[O-])c21. The van der Waals surface area contributed by atoms with Gasteiger partial charge in [-0.25, -0.2) is 0 Å². The number of anilines is 1. The van der Waals surface area contributed by atoms with Crippen molar-refractivity contribution in [3.63, 3.8) is 0 Å². The van der Waals surface area contributed by atoms with E-state index in [2.05, 4.69) is 4.90 Å². The maximum Gasteiger partial charge on any atom is 0.277 e. The lowest BCUT2D eigenvalue weighted by molar-refractivity contribution is -0.383. The Labute approximate surface area is 149 Å². The van der Waals surface area contributed by atoms with Crippen LogP contribution in [0.3, 0.4) is 0 Å². The minimum Gasteiger partial charge on any atom is -0.507 e. The number of nitro benzene ring substituents is 1. The Hall–Kier alpha value is -1.72.